The Bertz CT molecular complexity index is 635. The SMILES string of the molecule is CCc1ccc(CCC(=O)Nc2ncc(C(N)=O)s2)cc1. The van der Waals surface area contributed by atoms with Gasteiger partial charge in [0.2, 0.25) is 5.91 Å². The van der Waals surface area contributed by atoms with E-state index in [4.69, 9.17) is 5.73 Å². The quantitative estimate of drug-likeness (QED) is 0.859. The average molecular weight is 303 g/mol. The fourth-order valence-corrected chi connectivity index (χ4v) is 2.51. The number of rotatable bonds is 6. The number of aryl methyl sites for hydroxylation is 2. The summed E-state index contributed by atoms with van der Waals surface area (Å²) in [5, 5.41) is 3.07. The molecule has 0 atom stereocenters. The molecule has 5 nitrogen and oxygen atoms in total. The Kier molecular flexibility index (Phi) is 5.05. The molecule has 2 amide bonds. The first kappa shape index (κ1) is 15.2. The fraction of sp³-hybridized carbons (Fsp3) is 0.267. The summed E-state index contributed by atoms with van der Waals surface area (Å²) in [7, 11) is 0. The topological polar surface area (TPSA) is 85.1 Å². The van der Waals surface area contributed by atoms with Crippen LogP contribution in [0.4, 0.5) is 5.13 Å². The number of carbonyl (C=O) groups excluding carboxylic acids is 2. The number of anilines is 1. The zero-order valence-electron chi connectivity index (χ0n) is 11.8. The predicted molar refractivity (Wildman–Crippen MR) is 83.4 cm³/mol. The Hall–Kier alpha value is -2.21. The highest BCUT2D eigenvalue weighted by Crippen LogP contribution is 2.17. The summed E-state index contributed by atoms with van der Waals surface area (Å²) in [6.07, 6.45) is 3.42. The molecule has 1 aromatic carbocycles. The lowest BCUT2D eigenvalue weighted by atomic mass is 10.1. The lowest BCUT2D eigenvalue weighted by Gasteiger charge is -2.03. The number of carbonyl (C=O) groups is 2. The van der Waals surface area contributed by atoms with Gasteiger partial charge in [0.25, 0.3) is 5.91 Å². The molecule has 0 aliphatic carbocycles. The summed E-state index contributed by atoms with van der Waals surface area (Å²) >= 11 is 1.08. The molecule has 0 radical (unpaired) electrons. The largest absolute Gasteiger partial charge is 0.365 e. The minimum absolute atomic E-state index is 0.125. The second kappa shape index (κ2) is 6.99. The Morgan fingerprint density at radius 1 is 1.24 bits per heavy atom. The number of nitrogens with one attached hydrogen (secondary N) is 1. The maximum atomic E-state index is 11.8. The molecule has 0 aliphatic heterocycles. The van der Waals surface area contributed by atoms with E-state index in [-0.39, 0.29) is 5.91 Å². The van der Waals surface area contributed by atoms with Crippen LogP contribution in [0.1, 0.15) is 34.1 Å². The van der Waals surface area contributed by atoms with Gasteiger partial charge >= 0.3 is 0 Å². The van der Waals surface area contributed by atoms with Crippen molar-refractivity contribution in [1.29, 1.82) is 0 Å². The van der Waals surface area contributed by atoms with Gasteiger partial charge in [0, 0.05) is 6.42 Å². The maximum absolute atomic E-state index is 11.8. The van der Waals surface area contributed by atoms with Crippen molar-refractivity contribution >= 4 is 28.3 Å². The molecule has 0 spiro atoms. The summed E-state index contributed by atoms with van der Waals surface area (Å²) in [6, 6.07) is 8.24. The molecule has 0 fully saturated rings. The van der Waals surface area contributed by atoms with Crippen LogP contribution in [0.25, 0.3) is 0 Å². The number of benzene rings is 1. The average Bonchev–Trinajstić information content (AvgIpc) is 2.94. The molecule has 21 heavy (non-hydrogen) atoms. The molecule has 0 bridgehead atoms. The third-order valence-electron chi connectivity index (χ3n) is 3.07. The maximum Gasteiger partial charge on any atom is 0.260 e. The van der Waals surface area contributed by atoms with E-state index in [0.29, 0.717) is 22.9 Å². The molecular weight excluding hydrogens is 286 g/mol. The van der Waals surface area contributed by atoms with E-state index < -0.39 is 5.91 Å². The molecule has 6 heteroatoms. The van der Waals surface area contributed by atoms with Gasteiger partial charge < -0.3 is 11.1 Å². The number of aromatic nitrogens is 1. The van der Waals surface area contributed by atoms with Crippen LogP contribution in [-0.2, 0) is 17.6 Å². The van der Waals surface area contributed by atoms with Gasteiger partial charge in [-0.15, -0.1) is 0 Å². The molecule has 110 valence electrons. The number of hydrogen-bond acceptors (Lipinski definition) is 4. The van der Waals surface area contributed by atoms with E-state index in [1.807, 2.05) is 12.1 Å². The summed E-state index contributed by atoms with van der Waals surface area (Å²) in [5.74, 6) is -0.663. The molecule has 0 saturated carbocycles. The molecule has 2 rings (SSSR count). The molecule has 0 unspecified atom stereocenters. The molecular formula is C15H17N3O2S. The van der Waals surface area contributed by atoms with Gasteiger partial charge in [-0.05, 0) is 24.0 Å². The van der Waals surface area contributed by atoms with Crippen molar-refractivity contribution in [2.45, 2.75) is 26.2 Å². The minimum Gasteiger partial charge on any atom is -0.365 e. The van der Waals surface area contributed by atoms with Crippen LogP contribution in [0.15, 0.2) is 30.5 Å². The lowest BCUT2D eigenvalue weighted by molar-refractivity contribution is -0.116. The van der Waals surface area contributed by atoms with Gasteiger partial charge in [0.1, 0.15) is 4.88 Å². The number of nitrogens with zero attached hydrogens (tertiary/aromatic N) is 1. The van der Waals surface area contributed by atoms with Crippen LogP contribution < -0.4 is 11.1 Å². The molecule has 0 aliphatic rings. The minimum atomic E-state index is -0.538. The van der Waals surface area contributed by atoms with E-state index >= 15 is 0 Å². The Balaban J connectivity index is 1.84. The number of amides is 2. The first-order valence-corrected chi connectivity index (χ1v) is 7.53. The summed E-state index contributed by atoms with van der Waals surface area (Å²) in [6.45, 7) is 2.11. The smallest absolute Gasteiger partial charge is 0.260 e. The van der Waals surface area contributed by atoms with Gasteiger partial charge in [-0.3, -0.25) is 9.59 Å². The van der Waals surface area contributed by atoms with Crippen molar-refractivity contribution in [3.8, 4) is 0 Å². The van der Waals surface area contributed by atoms with Crippen molar-refractivity contribution in [1.82, 2.24) is 4.98 Å². The second-order valence-corrected chi connectivity index (χ2v) is 5.64. The molecule has 2 aromatic rings. The molecule has 0 saturated heterocycles. The summed E-state index contributed by atoms with van der Waals surface area (Å²) in [4.78, 5) is 27.0. The van der Waals surface area contributed by atoms with Crippen molar-refractivity contribution in [3.05, 3.63) is 46.5 Å². The van der Waals surface area contributed by atoms with Gasteiger partial charge in [0.15, 0.2) is 5.13 Å². The Labute approximate surface area is 127 Å². The molecule has 3 N–H and O–H groups in total. The van der Waals surface area contributed by atoms with Crippen LogP contribution in [0.2, 0.25) is 0 Å². The van der Waals surface area contributed by atoms with E-state index in [1.54, 1.807) is 0 Å². The van der Waals surface area contributed by atoms with Gasteiger partial charge in [-0.1, -0.05) is 42.5 Å². The van der Waals surface area contributed by atoms with E-state index in [2.05, 4.69) is 29.4 Å². The molecule has 1 aromatic heterocycles. The van der Waals surface area contributed by atoms with Crippen molar-refractivity contribution in [3.63, 3.8) is 0 Å². The van der Waals surface area contributed by atoms with E-state index in [9.17, 15) is 9.59 Å². The zero-order chi connectivity index (χ0) is 15.2. The first-order valence-electron chi connectivity index (χ1n) is 6.71. The van der Waals surface area contributed by atoms with Crippen LogP contribution in [-0.4, -0.2) is 16.8 Å². The zero-order valence-corrected chi connectivity index (χ0v) is 12.6. The lowest BCUT2D eigenvalue weighted by Crippen LogP contribution is -2.12. The predicted octanol–water partition coefficient (Wildman–Crippen LogP) is 2.38. The fourth-order valence-electron chi connectivity index (χ4n) is 1.83. The van der Waals surface area contributed by atoms with Crippen LogP contribution in [0.3, 0.4) is 0 Å². The third kappa shape index (κ3) is 4.39. The van der Waals surface area contributed by atoms with E-state index in [0.717, 1.165) is 23.3 Å². The third-order valence-corrected chi connectivity index (χ3v) is 3.99. The highest BCUT2D eigenvalue weighted by Gasteiger charge is 2.09. The number of hydrogen-bond donors (Lipinski definition) is 2. The number of nitrogens with two attached hydrogens (primary N) is 1. The standard InChI is InChI=1S/C15H17N3O2S/c1-2-10-3-5-11(6-4-10)7-8-13(19)18-15-17-9-12(21-15)14(16)20/h3-6,9H,2,7-8H2,1H3,(H2,16,20)(H,17,18,19). The summed E-state index contributed by atoms with van der Waals surface area (Å²) in [5.41, 5.74) is 7.54. The van der Waals surface area contributed by atoms with Crippen molar-refractivity contribution < 1.29 is 9.59 Å². The Morgan fingerprint density at radius 3 is 2.48 bits per heavy atom. The first-order chi connectivity index (χ1) is 10.1. The molecule has 1 heterocycles. The monoisotopic (exact) mass is 303 g/mol. The van der Waals surface area contributed by atoms with Gasteiger partial charge in [-0.2, -0.15) is 0 Å². The highest BCUT2D eigenvalue weighted by molar-refractivity contribution is 7.17. The Morgan fingerprint density at radius 2 is 1.90 bits per heavy atom. The van der Waals surface area contributed by atoms with Gasteiger partial charge in [-0.25, -0.2) is 4.98 Å². The highest BCUT2D eigenvalue weighted by atomic mass is 32.1. The van der Waals surface area contributed by atoms with Crippen LogP contribution in [0.5, 0.6) is 0 Å². The van der Waals surface area contributed by atoms with E-state index in [1.165, 1.54) is 11.8 Å². The van der Waals surface area contributed by atoms with Crippen molar-refractivity contribution in [2.75, 3.05) is 5.32 Å². The van der Waals surface area contributed by atoms with Crippen LogP contribution in [0, 0.1) is 0 Å². The van der Waals surface area contributed by atoms with Gasteiger partial charge in [0.05, 0.1) is 6.20 Å². The summed E-state index contributed by atoms with van der Waals surface area (Å²) < 4.78 is 0. The number of primary amides is 1. The second-order valence-electron chi connectivity index (χ2n) is 4.61. The van der Waals surface area contributed by atoms with Crippen molar-refractivity contribution in [2.24, 2.45) is 5.73 Å². The van der Waals surface area contributed by atoms with Crippen LogP contribution >= 0.6 is 11.3 Å². The normalized spacial score (nSPS) is 10.3. The number of thiazole rings is 1.